The van der Waals surface area contributed by atoms with E-state index in [0.717, 1.165) is 32.2 Å². The molecule has 0 aromatic heterocycles. The Morgan fingerprint density at radius 3 is 2.50 bits per heavy atom. The second-order valence-electron chi connectivity index (χ2n) is 6.49. The van der Waals surface area contributed by atoms with Gasteiger partial charge in [0.05, 0.1) is 16.4 Å². The highest BCUT2D eigenvalue weighted by Crippen LogP contribution is 2.43. The smallest absolute Gasteiger partial charge is 0.175 e. The molecule has 2 aliphatic rings. The van der Waals surface area contributed by atoms with E-state index >= 15 is 0 Å². The van der Waals surface area contributed by atoms with Gasteiger partial charge < -0.3 is 9.64 Å². The van der Waals surface area contributed by atoms with Crippen LogP contribution in [0.5, 0.6) is 5.75 Å². The third kappa shape index (κ3) is 2.44. The summed E-state index contributed by atoms with van der Waals surface area (Å²) in [6.45, 7) is 3.69. The maximum Gasteiger partial charge on any atom is 0.175 e. The van der Waals surface area contributed by atoms with Gasteiger partial charge in [-0.15, -0.1) is 0 Å². The van der Waals surface area contributed by atoms with Gasteiger partial charge in [-0.3, -0.25) is 4.79 Å². The van der Waals surface area contributed by atoms with Crippen molar-refractivity contribution in [1.82, 2.24) is 4.90 Å². The fraction of sp³-hybridized carbons (Fsp3) is 0.562. The van der Waals surface area contributed by atoms with Crippen molar-refractivity contribution in [3.8, 4) is 5.75 Å². The highest BCUT2D eigenvalue weighted by molar-refractivity contribution is 7.90. The Morgan fingerprint density at radius 1 is 1.27 bits per heavy atom. The molecule has 0 aliphatic carbocycles. The minimum atomic E-state index is -3.33. The SMILES string of the molecule is CC1C(=O)c2cc(S(C)(=O)=O)ccc2OC12CCN(C)CC2. The number of piperidine rings is 1. The summed E-state index contributed by atoms with van der Waals surface area (Å²) in [6.07, 6.45) is 2.76. The monoisotopic (exact) mass is 323 g/mol. The zero-order valence-electron chi connectivity index (χ0n) is 13.1. The van der Waals surface area contributed by atoms with Crippen LogP contribution in [0.25, 0.3) is 0 Å². The van der Waals surface area contributed by atoms with Crippen LogP contribution in [0.2, 0.25) is 0 Å². The highest BCUT2D eigenvalue weighted by atomic mass is 32.2. The summed E-state index contributed by atoms with van der Waals surface area (Å²) >= 11 is 0. The largest absolute Gasteiger partial charge is 0.486 e. The number of sulfone groups is 1. The van der Waals surface area contributed by atoms with Crippen molar-refractivity contribution in [2.24, 2.45) is 5.92 Å². The molecule has 22 heavy (non-hydrogen) atoms. The first-order chi connectivity index (χ1) is 10.2. The molecule has 1 aromatic carbocycles. The lowest BCUT2D eigenvalue weighted by Crippen LogP contribution is -2.55. The van der Waals surface area contributed by atoms with Gasteiger partial charge in [0, 0.05) is 32.2 Å². The standard InChI is InChI=1S/C16H21NO4S/c1-11-15(18)13-10-12(22(3,19)20)4-5-14(13)21-16(11)6-8-17(2)9-7-16/h4-5,10-11H,6-9H2,1-3H3. The fourth-order valence-corrected chi connectivity index (χ4v) is 3.98. The van der Waals surface area contributed by atoms with E-state index in [1.807, 2.05) is 6.92 Å². The molecular weight excluding hydrogens is 302 g/mol. The van der Waals surface area contributed by atoms with Gasteiger partial charge in [0.25, 0.3) is 0 Å². The zero-order valence-corrected chi connectivity index (χ0v) is 13.9. The van der Waals surface area contributed by atoms with Crippen LogP contribution >= 0.6 is 0 Å². The average molecular weight is 323 g/mol. The van der Waals surface area contributed by atoms with E-state index in [2.05, 4.69) is 11.9 Å². The first-order valence-corrected chi connectivity index (χ1v) is 9.38. The number of nitrogens with zero attached hydrogens (tertiary/aromatic N) is 1. The lowest BCUT2D eigenvalue weighted by Gasteiger charge is -2.46. The molecule has 2 aliphatic heterocycles. The van der Waals surface area contributed by atoms with E-state index in [1.54, 1.807) is 6.07 Å². The van der Waals surface area contributed by atoms with Gasteiger partial charge in [-0.1, -0.05) is 6.92 Å². The van der Waals surface area contributed by atoms with Crippen molar-refractivity contribution >= 4 is 15.6 Å². The number of benzene rings is 1. The van der Waals surface area contributed by atoms with Crippen LogP contribution in [0, 0.1) is 5.92 Å². The van der Waals surface area contributed by atoms with Crippen LogP contribution in [0.15, 0.2) is 23.1 Å². The maximum absolute atomic E-state index is 12.8. The summed E-state index contributed by atoms with van der Waals surface area (Å²) in [5, 5.41) is 0. The first-order valence-electron chi connectivity index (χ1n) is 7.49. The second kappa shape index (κ2) is 5.06. The van der Waals surface area contributed by atoms with Crippen molar-refractivity contribution in [2.75, 3.05) is 26.4 Å². The van der Waals surface area contributed by atoms with Crippen LogP contribution < -0.4 is 4.74 Å². The Labute approximate surface area is 131 Å². The van der Waals surface area contributed by atoms with Gasteiger partial charge in [-0.2, -0.15) is 0 Å². The Hall–Kier alpha value is -1.40. The van der Waals surface area contributed by atoms with Crippen LogP contribution in [-0.2, 0) is 9.84 Å². The number of carbonyl (C=O) groups excluding carboxylic acids is 1. The molecule has 6 heteroatoms. The number of hydrogen-bond donors (Lipinski definition) is 0. The van der Waals surface area contributed by atoms with Crippen molar-refractivity contribution in [3.63, 3.8) is 0 Å². The maximum atomic E-state index is 12.8. The quantitative estimate of drug-likeness (QED) is 0.788. The van der Waals surface area contributed by atoms with Crippen LogP contribution in [0.4, 0.5) is 0 Å². The van der Waals surface area contributed by atoms with Gasteiger partial charge in [-0.25, -0.2) is 8.42 Å². The molecular formula is C16H21NO4S. The Balaban J connectivity index is 2.02. The van der Waals surface area contributed by atoms with Gasteiger partial charge in [-0.05, 0) is 25.2 Å². The van der Waals surface area contributed by atoms with Gasteiger partial charge in [0.2, 0.25) is 0 Å². The number of ether oxygens (including phenoxy) is 1. The van der Waals surface area contributed by atoms with Gasteiger partial charge in [0.15, 0.2) is 15.6 Å². The van der Waals surface area contributed by atoms with Gasteiger partial charge in [0.1, 0.15) is 11.4 Å². The van der Waals surface area contributed by atoms with E-state index in [9.17, 15) is 13.2 Å². The number of ketones is 1. The number of carbonyl (C=O) groups is 1. The molecule has 0 N–H and O–H groups in total. The molecule has 1 atom stereocenters. The number of hydrogen-bond acceptors (Lipinski definition) is 5. The molecule has 1 saturated heterocycles. The molecule has 0 radical (unpaired) electrons. The molecule has 0 saturated carbocycles. The van der Waals surface area contributed by atoms with E-state index in [1.165, 1.54) is 12.1 Å². The van der Waals surface area contributed by atoms with Crippen LogP contribution in [-0.4, -0.2) is 51.1 Å². The van der Waals surface area contributed by atoms with Crippen molar-refractivity contribution in [1.29, 1.82) is 0 Å². The zero-order chi connectivity index (χ0) is 16.1. The molecule has 3 rings (SSSR count). The van der Waals surface area contributed by atoms with E-state index in [4.69, 9.17) is 4.74 Å². The molecule has 1 spiro atoms. The normalized spacial score (nSPS) is 24.9. The molecule has 1 aromatic rings. The van der Waals surface area contributed by atoms with Gasteiger partial charge >= 0.3 is 0 Å². The summed E-state index contributed by atoms with van der Waals surface area (Å²) < 4.78 is 29.6. The van der Waals surface area contributed by atoms with E-state index < -0.39 is 15.4 Å². The summed E-state index contributed by atoms with van der Waals surface area (Å²) in [6, 6.07) is 4.58. The molecule has 0 bridgehead atoms. The Kier molecular flexibility index (Phi) is 3.57. The Bertz CT molecular complexity index is 718. The third-order valence-electron chi connectivity index (χ3n) is 4.97. The molecule has 120 valence electrons. The summed E-state index contributed by atoms with van der Waals surface area (Å²) in [4.78, 5) is 15.2. The number of likely N-dealkylation sites (tertiary alicyclic amines) is 1. The third-order valence-corrected chi connectivity index (χ3v) is 6.08. The predicted molar refractivity (Wildman–Crippen MR) is 83.1 cm³/mol. The van der Waals surface area contributed by atoms with E-state index in [0.29, 0.717) is 11.3 Å². The van der Waals surface area contributed by atoms with Crippen molar-refractivity contribution in [3.05, 3.63) is 23.8 Å². The Morgan fingerprint density at radius 2 is 1.91 bits per heavy atom. The summed E-state index contributed by atoms with van der Waals surface area (Å²) in [7, 11) is -1.27. The first kappa shape index (κ1) is 15.5. The number of fused-ring (bicyclic) bond motifs is 1. The minimum absolute atomic E-state index is 0.0173. The van der Waals surface area contributed by atoms with Crippen molar-refractivity contribution < 1.29 is 17.9 Å². The molecule has 0 amide bonds. The summed E-state index contributed by atoms with van der Waals surface area (Å²) in [5.41, 5.74) is -0.0663. The van der Waals surface area contributed by atoms with Crippen molar-refractivity contribution in [2.45, 2.75) is 30.3 Å². The minimum Gasteiger partial charge on any atom is -0.486 e. The van der Waals surface area contributed by atoms with Crippen LogP contribution in [0.1, 0.15) is 30.1 Å². The lowest BCUT2D eigenvalue weighted by molar-refractivity contribution is -0.0348. The van der Waals surface area contributed by atoms with Crippen LogP contribution in [0.3, 0.4) is 0 Å². The number of Topliss-reactive ketones (excluding diaryl/α,β-unsaturated/α-hetero) is 1. The lowest BCUT2D eigenvalue weighted by atomic mass is 9.74. The average Bonchev–Trinajstić information content (AvgIpc) is 2.46. The topological polar surface area (TPSA) is 63.7 Å². The second-order valence-corrected chi connectivity index (χ2v) is 8.50. The fourth-order valence-electron chi connectivity index (χ4n) is 3.33. The molecule has 5 nitrogen and oxygen atoms in total. The number of rotatable bonds is 1. The van der Waals surface area contributed by atoms with E-state index in [-0.39, 0.29) is 16.6 Å². The summed E-state index contributed by atoms with van der Waals surface area (Å²) in [5.74, 6) is 0.236. The molecule has 2 heterocycles. The highest BCUT2D eigenvalue weighted by Gasteiger charge is 2.48. The predicted octanol–water partition coefficient (Wildman–Crippen LogP) is 1.77. The molecule has 1 fully saturated rings. The molecule has 1 unspecified atom stereocenters.